The zero-order valence-electron chi connectivity index (χ0n) is 28.1. The van der Waals surface area contributed by atoms with Crippen molar-refractivity contribution in [3.05, 3.63) is 83.4 Å². The van der Waals surface area contributed by atoms with Crippen LogP contribution in [0.15, 0.2) is 60.7 Å². The number of rotatable bonds is 14. The second kappa shape index (κ2) is 16.4. The largest absolute Gasteiger partial charge is 0.383 e. The first-order valence-electron chi connectivity index (χ1n) is 17.4. The monoisotopic (exact) mass is 685 g/mol. The van der Waals surface area contributed by atoms with E-state index in [0.717, 1.165) is 61.9 Å². The molecule has 0 radical (unpaired) electrons. The molecule has 1 atom stereocenters. The van der Waals surface area contributed by atoms with Crippen molar-refractivity contribution in [3.8, 4) is 22.5 Å². The Morgan fingerprint density at radius 1 is 0.900 bits per heavy atom. The van der Waals surface area contributed by atoms with E-state index in [9.17, 15) is 9.59 Å². The lowest BCUT2D eigenvalue weighted by atomic mass is 9.81. The molecule has 1 amide bonds. The van der Waals surface area contributed by atoms with E-state index in [1.165, 1.54) is 12.1 Å². The molecular weight excluding hydrogens is 640 g/mol. The number of hydrogen-bond acceptors (Lipinski definition) is 9. The SMILES string of the molecule is NCC1CCC(CN[C@@](C=O)(CNc2ccc(-c3nn[nH]n3)cc2)Cc2ccc(-c3cc(F)c(C(=O)NC4CCNCC4)c(F)c3)cc2)CC1. The number of nitrogens with two attached hydrogens (primary N) is 1. The minimum absolute atomic E-state index is 0.118. The zero-order chi connectivity index (χ0) is 34.9. The summed E-state index contributed by atoms with van der Waals surface area (Å²) >= 11 is 0. The van der Waals surface area contributed by atoms with Crippen LogP contribution in [0.2, 0.25) is 0 Å². The summed E-state index contributed by atoms with van der Waals surface area (Å²) in [6, 6.07) is 17.2. The zero-order valence-corrected chi connectivity index (χ0v) is 28.1. The predicted molar refractivity (Wildman–Crippen MR) is 188 cm³/mol. The Bertz CT molecular complexity index is 1680. The molecule has 1 saturated carbocycles. The molecule has 0 bridgehead atoms. The van der Waals surface area contributed by atoms with Gasteiger partial charge in [0.1, 0.15) is 23.5 Å². The molecule has 1 aliphatic heterocycles. The quantitative estimate of drug-likeness (QED) is 0.107. The Morgan fingerprint density at radius 3 is 2.18 bits per heavy atom. The van der Waals surface area contributed by atoms with Crippen molar-refractivity contribution in [3.63, 3.8) is 0 Å². The van der Waals surface area contributed by atoms with E-state index >= 15 is 8.78 Å². The smallest absolute Gasteiger partial charge is 0.257 e. The van der Waals surface area contributed by atoms with Gasteiger partial charge in [-0.05, 0) is 141 Å². The lowest BCUT2D eigenvalue weighted by Crippen LogP contribution is -2.55. The van der Waals surface area contributed by atoms with Crippen LogP contribution in [0.25, 0.3) is 22.5 Å². The molecule has 4 aromatic rings. The van der Waals surface area contributed by atoms with Crippen LogP contribution in [0.3, 0.4) is 0 Å². The number of amides is 1. The van der Waals surface area contributed by atoms with Gasteiger partial charge in [-0.25, -0.2) is 8.78 Å². The number of nitrogens with zero attached hydrogens (tertiary/aromatic N) is 3. The number of tetrazole rings is 1. The fraction of sp³-hybridized carbons (Fsp3) is 0.432. The van der Waals surface area contributed by atoms with Gasteiger partial charge in [0.05, 0.1) is 5.54 Å². The van der Waals surface area contributed by atoms with Gasteiger partial charge in [0.15, 0.2) is 0 Å². The number of aromatic nitrogens is 4. The van der Waals surface area contributed by atoms with Crippen LogP contribution in [-0.2, 0) is 11.2 Å². The number of benzene rings is 3. The standard InChI is InChI=1S/C37H45F2N9O2/c38-32-17-29(18-33(39)34(32)36(50)44-31-13-15-41-16-14-31)27-7-5-24(6-8-27)19-37(23-49,43-21-26-3-1-25(20-40)2-4-26)22-42-30-11-9-28(10-12-30)35-45-47-48-46-35/h5-12,17-18,23,25-26,31,41-43H,1-4,13-16,19-22,40H2,(H,44,50)(H,45,46,47,48)/t25?,26?,37-/m1/s1. The maximum absolute atomic E-state index is 15.2. The van der Waals surface area contributed by atoms with E-state index in [1.807, 2.05) is 36.4 Å². The summed E-state index contributed by atoms with van der Waals surface area (Å²) in [6.45, 7) is 3.23. The summed E-state index contributed by atoms with van der Waals surface area (Å²) in [5.74, 6) is -1.05. The van der Waals surface area contributed by atoms with Crippen LogP contribution in [-0.4, -0.2) is 77.1 Å². The first-order chi connectivity index (χ1) is 24.3. The fourth-order valence-corrected chi connectivity index (χ4v) is 6.97. The van der Waals surface area contributed by atoms with Gasteiger partial charge in [0.25, 0.3) is 5.91 Å². The summed E-state index contributed by atoms with van der Waals surface area (Å²) in [5.41, 5.74) is 7.85. The normalized spacial score (nSPS) is 19.4. The average molecular weight is 686 g/mol. The second-order valence-corrected chi connectivity index (χ2v) is 13.6. The molecule has 264 valence electrons. The highest BCUT2D eigenvalue weighted by Crippen LogP contribution is 2.29. The average Bonchev–Trinajstić information content (AvgIpc) is 3.69. The van der Waals surface area contributed by atoms with E-state index < -0.39 is 28.6 Å². The highest BCUT2D eigenvalue weighted by Gasteiger charge is 2.32. The van der Waals surface area contributed by atoms with Crippen molar-refractivity contribution in [2.75, 3.05) is 38.0 Å². The van der Waals surface area contributed by atoms with Gasteiger partial charge in [0, 0.05) is 23.8 Å². The van der Waals surface area contributed by atoms with Crippen LogP contribution in [0, 0.1) is 23.5 Å². The third-order valence-electron chi connectivity index (χ3n) is 10.1. The molecule has 3 aromatic carbocycles. The molecule has 0 spiro atoms. The first-order valence-corrected chi connectivity index (χ1v) is 17.4. The predicted octanol–water partition coefficient (Wildman–Crippen LogP) is 4.24. The minimum Gasteiger partial charge on any atom is -0.383 e. The van der Waals surface area contributed by atoms with E-state index in [-0.39, 0.29) is 6.04 Å². The Kier molecular flexibility index (Phi) is 11.6. The lowest BCUT2D eigenvalue weighted by Gasteiger charge is -2.34. The van der Waals surface area contributed by atoms with Crippen LogP contribution in [0.1, 0.15) is 54.4 Å². The van der Waals surface area contributed by atoms with Gasteiger partial charge in [-0.3, -0.25) is 4.79 Å². The fourth-order valence-electron chi connectivity index (χ4n) is 6.97. The lowest BCUT2D eigenvalue weighted by molar-refractivity contribution is -0.113. The van der Waals surface area contributed by atoms with Gasteiger partial charge in [-0.2, -0.15) is 5.21 Å². The molecule has 2 fully saturated rings. The van der Waals surface area contributed by atoms with Crippen molar-refractivity contribution >= 4 is 17.9 Å². The Labute approximate surface area is 290 Å². The Morgan fingerprint density at radius 2 is 1.56 bits per heavy atom. The minimum atomic E-state index is -0.930. The topological polar surface area (TPSA) is 163 Å². The highest BCUT2D eigenvalue weighted by atomic mass is 19.1. The van der Waals surface area contributed by atoms with Crippen molar-refractivity contribution in [2.45, 2.75) is 56.5 Å². The summed E-state index contributed by atoms with van der Waals surface area (Å²) in [4.78, 5) is 25.7. The molecule has 6 rings (SSSR count). The van der Waals surface area contributed by atoms with Gasteiger partial charge in [-0.15, -0.1) is 10.2 Å². The number of aldehydes is 1. The highest BCUT2D eigenvalue weighted by molar-refractivity contribution is 5.95. The van der Waals surface area contributed by atoms with Crippen LogP contribution < -0.4 is 27.0 Å². The number of aromatic amines is 1. The van der Waals surface area contributed by atoms with Crippen LogP contribution in [0.5, 0.6) is 0 Å². The molecule has 1 aliphatic carbocycles. The number of H-pyrrole nitrogens is 1. The van der Waals surface area contributed by atoms with Gasteiger partial charge in [-0.1, -0.05) is 24.3 Å². The van der Waals surface area contributed by atoms with Gasteiger partial charge >= 0.3 is 0 Å². The first kappa shape index (κ1) is 35.2. The summed E-state index contributed by atoms with van der Waals surface area (Å²) in [6.07, 6.45) is 7.10. The molecule has 1 saturated heterocycles. The third-order valence-corrected chi connectivity index (χ3v) is 10.1. The third kappa shape index (κ3) is 8.76. The van der Waals surface area contributed by atoms with E-state index in [4.69, 9.17) is 5.73 Å². The molecule has 2 aliphatic rings. The number of anilines is 1. The molecule has 7 N–H and O–H groups in total. The van der Waals surface area contributed by atoms with Crippen molar-refractivity contribution in [1.29, 1.82) is 0 Å². The van der Waals surface area contributed by atoms with E-state index in [2.05, 4.69) is 41.9 Å². The Hall–Kier alpha value is -4.59. The summed E-state index contributed by atoms with van der Waals surface area (Å²) in [7, 11) is 0. The number of hydrogen-bond donors (Lipinski definition) is 6. The molecule has 13 heteroatoms. The van der Waals surface area contributed by atoms with Crippen molar-refractivity contribution in [2.24, 2.45) is 17.6 Å². The van der Waals surface area contributed by atoms with Crippen molar-refractivity contribution in [1.82, 2.24) is 36.6 Å². The number of piperidine rings is 1. The van der Waals surface area contributed by atoms with Crippen LogP contribution in [0.4, 0.5) is 14.5 Å². The molecule has 11 nitrogen and oxygen atoms in total. The molecule has 1 aromatic heterocycles. The van der Waals surface area contributed by atoms with Gasteiger partial charge in [0.2, 0.25) is 5.82 Å². The van der Waals surface area contributed by atoms with E-state index in [1.54, 1.807) is 12.1 Å². The number of halogens is 2. The van der Waals surface area contributed by atoms with Crippen molar-refractivity contribution < 1.29 is 18.4 Å². The molecule has 0 unspecified atom stereocenters. The summed E-state index contributed by atoms with van der Waals surface area (Å²) in [5, 5.41) is 27.1. The molecular formula is C37H45F2N9O2. The summed E-state index contributed by atoms with van der Waals surface area (Å²) < 4.78 is 30.3. The van der Waals surface area contributed by atoms with Crippen LogP contribution >= 0.6 is 0 Å². The Balaban J connectivity index is 1.16. The van der Waals surface area contributed by atoms with Gasteiger partial charge < -0.3 is 31.8 Å². The van der Waals surface area contributed by atoms with E-state index in [0.29, 0.717) is 67.7 Å². The molecule has 2 heterocycles. The number of carbonyl (C=O) groups is 2. The maximum Gasteiger partial charge on any atom is 0.257 e. The molecule has 50 heavy (non-hydrogen) atoms. The maximum atomic E-state index is 15.2. The number of carbonyl (C=O) groups excluding carboxylic acids is 2. The number of nitrogens with one attached hydrogen (secondary N) is 5. The second-order valence-electron chi connectivity index (χ2n) is 13.6.